The summed E-state index contributed by atoms with van der Waals surface area (Å²) in [6.45, 7) is 4.56. The van der Waals surface area contributed by atoms with Gasteiger partial charge in [-0.15, -0.1) is 0 Å². The Hall–Kier alpha value is -1.92. The second kappa shape index (κ2) is 5.70. The molecule has 114 valence electrons. The molecule has 2 heterocycles. The molecular weight excluding hydrogens is 328 g/mol. The summed E-state index contributed by atoms with van der Waals surface area (Å²) < 4.78 is 15.7. The summed E-state index contributed by atoms with van der Waals surface area (Å²) in [6.07, 6.45) is 0. The molecule has 0 aliphatic rings. The summed E-state index contributed by atoms with van der Waals surface area (Å²) in [7, 11) is 0. The van der Waals surface area contributed by atoms with Crippen LogP contribution >= 0.6 is 23.2 Å². The van der Waals surface area contributed by atoms with Crippen LogP contribution in [0.3, 0.4) is 0 Å². The molecule has 0 atom stereocenters. The van der Waals surface area contributed by atoms with Crippen molar-refractivity contribution in [3.63, 3.8) is 0 Å². The molecule has 0 bridgehead atoms. The molecule has 8 heteroatoms. The minimum absolute atomic E-state index is 0.0723. The Bertz CT molecular complexity index is 862. The van der Waals surface area contributed by atoms with Crippen LogP contribution in [0.2, 0.25) is 10.3 Å². The van der Waals surface area contributed by atoms with E-state index in [2.05, 4.69) is 20.4 Å². The van der Waals surface area contributed by atoms with E-state index in [1.807, 2.05) is 13.8 Å². The quantitative estimate of drug-likeness (QED) is 0.721. The first-order valence-electron chi connectivity index (χ1n) is 6.62. The molecule has 0 amide bonds. The smallest absolute Gasteiger partial charge is 0.225 e. The molecule has 0 saturated carbocycles. The zero-order valence-corrected chi connectivity index (χ0v) is 13.4. The molecule has 0 saturated heterocycles. The Morgan fingerprint density at radius 3 is 2.68 bits per heavy atom. The molecule has 0 aliphatic heterocycles. The van der Waals surface area contributed by atoms with Gasteiger partial charge in [-0.25, -0.2) is 9.37 Å². The van der Waals surface area contributed by atoms with E-state index < -0.39 is 5.82 Å². The van der Waals surface area contributed by atoms with Crippen molar-refractivity contribution in [2.24, 2.45) is 0 Å². The number of aromatic nitrogens is 4. The van der Waals surface area contributed by atoms with Crippen molar-refractivity contribution in [1.82, 2.24) is 19.7 Å². The molecule has 2 aromatic heterocycles. The standard InChI is InChI=1S/C14H12Cl2FN5/c1-3-22-7(2)11-12(21-22)13(20-14(16)19-11)18-10-5-4-8(15)6-9(10)17/h4-6H,3H2,1-2H3,(H,18,19,20). The first-order valence-corrected chi connectivity index (χ1v) is 7.38. The maximum Gasteiger partial charge on any atom is 0.225 e. The first kappa shape index (κ1) is 15.0. The molecule has 1 aromatic carbocycles. The Balaban J connectivity index is 2.13. The topological polar surface area (TPSA) is 55.6 Å². The van der Waals surface area contributed by atoms with Gasteiger partial charge in [-0.05, 0) is 43.6 Å². The monoisotopic (exact) mass is 339 g/mol. The average molecular weight is 340 g/mol. The van der Waals surface area contributed by atoms with Gasteiger partial charge < -0.3 is 5.32 Å². The van der Waals surface area contributed by atoms with E-state index in [9.17, 15) is 4.39 Å². The van der Waals surface area contributed by atoms with Crippen LogP contribution in [0.25, 0.3) is 11.0 Å². The van der Waals surface area contributed by atoms with Gasteiger partial charge in [-0.1, -0.05) is 11.6 Å². The number of nitrogens with zero attached hydrogens (tertiary/aromatic N) is 4. The molecule has 1 N–H and O–H groups in total. The minimum Gasteiger partial charge on any atom is -0.336 e. The number of anilines is 2. The Kier molecular flexibility index (Phi) is 3.88. The van der Waals surface area contributed by atoms with Crippen LogP contribution in [0.5, 0.6) is 0 Å². The van der Waals surface area contributed by atoms with E-state index in [0.717, 1.165) is 5.69 Å². The Morgan fingerprint density at radius 2 is 2.00 bits per heavy atom. The number of hydrogen-bond acceptors (Lipinski definition) is 4. The van der Waals surface area contributed by atoms with Gasteiger partial charge in [0.25, 0.3) is 0 Å². The van der Waals surface area contributed by atoms with Crippen molar-refractivity contribution in [3.05, 3.63) is 40.0 Å². The highest BCUT2D eigenvalue weighted by Crippen LogP contribution is 2.28. The van der Waals surface area contributed by atoms with E-state index in [1.165, 1.54) is 12.1 Å². The lowest BCUT2D eigenvalue weighted by Crippen LogP contribution is -2.00. The summed E-state index contributed by atoms with van der Waals surface area (Å²) in [6, 6.07) is 4.34. The molecule has 0 spiro atoms. The number of nitrogens with one attached hydrogen (secondary N) is 1. The van der Waals surface area contributed by atoms with E-state index in [4.69, 9.17) is 23.2 Å². The predicted molar refractivity (Wildman–Crippen MR) is 85.4 cm³/mol. The largest absolute Gasteiger partial charge is 0.336 e. The number of fused-ring (bicyclic) bond motifs is 1. The summed E-state index contributed by atoms with van der Waals surface area (Å²) in [4.78, 5) is 8.32. The van der Waals surface area contributed by atoms with Crippen LogP contribution in [0.15, 0.2) is 18.2 Å². The lowest BCUT2D eigenvalue weighted by Gasteiger charge is -2.07. The van der Waals surface area contributed by atoms with E-state index >= 15 is 0 Å². The molecule has 5 nitrogen and oxygen atoms in total. The van der Waals surface area contributed by atoms with Gasteiger partial charge in [0.05, 0.1) is 11.4 Å². The van der Waals surface area contributed by atoms with Gasteiger partial charge in [0, 0.05) is 11.6 Å². The van der Waals surface area contributed by atoms with E-state index in [-0.39, 0.29) is 11.0 Å². The first-order chi connectivity index (χ1) is 10.5. The minimum atomic E-state index is -0.484. The highest BCUT2D eigenvalue weighted by atomic mass is 35.5. The van der Waals surface area contributed by atoms with Crippen LogP contribution in [-0.2, 0) is 6.54 Å². The fourth-order valence-corrected chi connectivity index (χ4v) is 2.53. The number of aryl methyl sites for hydroxylation is 2. The third-order valence-corrected chi connectivity index (χ3v) is 3.70. The van der Waals surface area contributed by atoms with Gasteiger partial charge in [0.1, 0.15) is 11.3 Å². The van der Waals surface area contributed by atoms with Gasteiger partial charge >= 0.3 is 0 Å². The van der Waals surface area contributed by atoms with Crippen molar-refractivity contribution in [1.29, 1.82) is 0 Å². The van der Waals surface area contributed by atoms with Crippen LogP contribution in [0, 0.1) is 12.7 Å². The predicted octanol–water partition coefficient (Wildman–Crippen LogP) is 4.34. The van der Waals surface area contributed by atoms with Gasteiger partial charge in [-0.3, -0.25) is 4.68 Å². The van der Waals surface area contributed by atoms with Crippen molar-refractivity contribution >= 4 is 45.7 Å². The summed E-state index contributed by atoms with van der Waals surface area (Å²) in [5, 5.41) is 7.73. The zero-order valence-electron chi connectivity index (χ0n) is 11.9. The maximum absolute atomic E-state index is 13.9. The Labute approximate surface area is 136 Å². The van der Waals surface area contributed by atoms with Crippen molar-refractivity contribution < 1.29 is 4.39 Å². The SMILES string of the molecule is CCn1nc2c(Nc3ccc(Cl)cc3F)nc(Cl)nc2c1C. The fourth-order valence-electron chi connectivity index (χ4n) is 2.21. The third-order valence-electron chi connectivity index (χ3n) is 3.29. The highest BCUT2D eigenvalue weighted by Gasteiger charge is 2.16. The second-order valence-electron chi connectivity index (χ2n) is 4.69. The van der Waals surface area contributed by atoms with Gasteiger partial charge in [0.15, 0.2) is 11.3 Å². The molecule has 22 heavy (non-hydrogen) atoms. The molecule has 3 rings (SSSR count). The molecular formula is C14H12Cl2FN5. The van der Waals surface area contributed by atoms with Crippen LogP contribution in [0.4, 0.5) is 15.9 Å². The molecule has 3 aromatic rings. The van der Waals surface area contributed by atoms with Crippen molar-refractivity contribution in [2.45, 2.75) is 20.4 Å². The van der Waals surface area contributed by atoms with Crippen LogP contribution < -0.4 is 5.32 Å². The lowest BCUT2D eigenvalue weighted by atomic mass is 10.3. The second-order valence-corrected chi connectivity index (χ2v) is 5.46. The normalized spacial score (nSPS) is 11.1. The van der Waals surface area contributed by atoms with Crippen molar-refractivity contribution in [2.75, 3.05) is 5.32 Å². The van der Waals surface area contributed by atoms with E-state index in [0.29, 0.717) is 28.4 Å². The molecule has 0 fully saturated rings. The molecule has 0 aliphatic carbocycles. The highest BCUT2D eigenvalue weighted by molar-refractivity contribution is 6.30. The maximum atomic E-state index is 13.9. The Morgan fingerprint density at radius 1 is 1.23 bits per heavy atom. The van der Waals surface area contributed by atoms with Crippen molar-refractivity contribution in [3.8, 4) is 0 Å². The van der Waals surface area contributed by atoms with Crippen LogP contribution in [-0.4, -0.2) is 19.7 Å². The third kappa shape index (κ3) is 2.60. The fraction of sp³-hybridized carbons (Fsp3) is 0.214. The zero-order chi connectivity index (χ0) is 15.9. The molecule has 0 unspecified atom stereocenters. The molecule has 0 radical (unpaired) electrons. The van der Waals surface area contributed by atoms with Gasteiger partial charge in [-0.2, -0.15) is 10.1 Å². The summed E-state index contributed by atoms with van der Waals surface area (Å²) in [5.41, 5.74) is 2.29. The van der Waals surface area contributed by atoms with Gasteiger partial charge in [0.2, 0.25) is 5.28 Å². The summed E-state index contributed by atoms with van der Waals surface area (Å²) >= 11 is 11.7. The van der Waals surface area contributed by atoms with Crippen LogP contribution in [0.1, 0.15) is 12.6 Å². The summed E-state index contributed by atoms with van der Waals surface area (Å²) in [5.74, 6) is -0.131. The van der Waals surface area contributed by atoms with E-state index in [1.54, 1.807) is 10.7 Å². The number of benzene rings is 1. The number of rotatable bonds is 3. The average Bonchev–Trinajstić information content (AvgIpc) is 2.79. The number of hydrogen-bond donors (Lipinski definition) is 1. The lowest BCUT2D eigenvalue weighted by molar-refractivity contribution is 0.632. The number of halogens is 3.